The molecule has 0 aromatic heterocycles. The van der Waals surface area contributed by atoms with Gasteiger partial charge in [-0.1, -0.05) is 30.3 Å². The van der Waals surface area contributed by atoms with E-state index in [1.165, 1.54) is 0 Å². The molecule has 5 heteroatoms. The summed E-state index contributed by atoms with van der Waals surface area (Å²) in [4.78, 5) is 27.3. The van der Waals surface area contributed by atoms with Gasteiger partial charge in [0.2, 0.25) is 11.8 Å². The van der Waals surface area contributed by atoms with Crippen molar-refractivity contribution in [3.63, 3.8) is 0 Å². The fraction of sp³-hybridized carbons (Fsp3) is 0.364. The molecule has 1 aliphatic rings. The van der Waals surface area contributed by atoms with E-state index >= 15 is 0 Å². The zero-order chi connectivity index (χ0) is 19.2. The normalized spacial score (nSPS) is 18.5. The molecule has 2 aromatic carbocycles. The quantitative estimate of drug-likeness (QED) is 0.850. The molecule has 1 heterocycles. The van der Waals surface area contributed by atoms with Crippen molar-refractivity contribution in [2.75, 3.05) is 23.7 Å². The van der Waals surface area contributed by atoms with Crippen LogP contribution in [0.15, 0.2) is 54.6 Å². The van der Waals surface area contributed by atoms with Gasteiger partial charge in [-0.25, -0.2) is 0 Å². The molecule has 1 saturated heterocycles. The first kappa shape index (κ1) is 19.1. The van der Waals surface area contributed by atoms with Gasteiger partial charge in [0.05, 0.1) is 12.0 Å². The van der Waals surface area contributed by atoms with Crippen LogP contribution in [0.3, 0.4) is 0 Å². The van der Waals surface area contributed by atoms with Crippen LogP contribution in [0.5, 0.6) is 0 Å². The maximum atomic E-state index is 12.6. The molecule has 1 fully saturated rings. The lowest BCUT2D eigenvalue weighted by Crippen LogP contribution is -2.49. The molecule has 2 atom stereocenters. The van der Waals surface area contributed by atoms with Crippen molar-refractivity contribution in [2.45, 2.75) is 32.7 Å². The fourth-order valence-electron chi connectivity index (χ4n) is 3.47. The van der Waals surface area contributed by atoms with Crippen LogP contribution < -0.4 is 10.6 Å². The third-order valence-corrected chi connectivity index (χ3v) is 5.08. The van der Waals surface area contributed by atoms with E-state index in [4.69, 9.17) is 0 Å². The van der Waals surface area contributed by atoms with Crippen LogP contribution in [0.25, 0.3) is 0 Å². The summed E-state index contributed by atoms with van der Waals surface area (Å²) in [5.41, 5.74) is 2.73. The predicted octanol–water partition coefficient (Wildman–Crippen LogP) is 3.67. The Labute approximate surface area is 160 Å². The summed E-state index contributed by atoms with van der Waals surface area (Å²) in [6.45, 7) is 5.33. The molecule has 0 saturated carbocycles. The summed E-state index contributed by atoms with van der Waals surface area (Å²) in [7, 11) is 0. The lowest BCUT2D eigenvalue weighted by molar-refractivity contribution is -0.125. The number of carbonyl (C=O) groups is 2. The summed E-state index contributed by atoms with van der Waals surface area (Å²) >= 11 is 0. The molecule has 0 aliphatic carbocycles. The zero-order valence-corrected chi connectivity index (χ0v) is 15.9. The monoisotopic (exact) mass is 365 g/mol. The van der Waals surface area contributed by atoms with Gasteiger partial charge in [0.1, 0.15) is 0 Å². The van der Waals surface area contributed by atoms with Gasteiger partial charge in [-0.3, -0.25) is 14.5 Å². The zero-order valence-electron chi connectivity index (χ0n) is 15.9. The molecule has 0 radical (unpaired) electrons. The van der Waals surface area contributed by atoms with E-state index in [1.807, 2.05) is 68.4 Å². The first-order chi connectivity index (χ1) is 13.0. The van der Waals surface area contributed by atoms with Crippen LogP contribution in [-0.4, -0.2) is 35.8 Å². The highest BCUT2D eigenvalue weighted by Gasteiger charge is 2.30. The number of likely N-dealkylation sites (tertiary alicyclic amines) is 1. The number of nitrogens with zero attached hydrogens (tertiary/aromatic N) is 1. The van der Waals surface area contributed by atoms with Crippen LogP contribution in [0, 0.1) is 12.8 Å². The van der Waals surface area contributed by atoms with Crippen LogP contribution in [-0.2, 0) is 9.59 Å². The number of anilines is 2. The van der Waals surface area contributed by atoms with E-state index in [2.05, 4.69) is 15.5 Å². The molecule has 5 nitrogen and oxygen atoms in total. The van der Waals surface area contributed by atoms with Crippen LogP contribution >= 0.6 is 0 Å². The highest BCUT2D eigenvalue weighted by atomic mass is 16.2. The molecular formula is C22H27N3O2. The maximum Gasteiger partial charge on any atom is 0.241 e. The molecule has 3 rings (SSSR count). The predicted molar refractivity (Wildman–Crippen MR) is 109 cm³/mol. The van der Waals surface area contributed by atoms with Gasteiger partial charge in [-0.05, 0) is 63.1 Å². The molecule has 2 N–H and O–H groups in total. The summed E-state index contributed by atoms with van der Waals surface area (Å²) in [5, 5.41) is 5.96. The second-order valence-electron chi connectivity index (χ2n) is 7.22. The van der Waals surface area contributed by atoms with E-state index in [0.717, 1.165) is 36.3 Å². The van der Waals surface area contributed by atoms with Crippen LogP contribution in [0.2, 0.25) is 0 Å². The van der Waals surface area contributed by atoms with E-state index in [1.54, 1.807) is 0 Å². The Bertz CT molecular complexity index is 791. The molecule has 1 aliphatic heterocycles. The van der Waals surface area contributed by atoms with Crippen molar-refractivity contribution in [1.82, 2.24) is 4.90 Å². The minimum atomic E-state index is -0.280. The smallest absolute Gasteiger partial charge is 0.241 e. The van der Waals surface area contributed by atoms with Crippen molar-refractivity contribution >= 4 is 23.2 Å². The number of hydrogen-bond acceptors (Lipinski definition) is 3. The van der Waals surface area contributed by atoms with Crippen molar-refractivity contribution in [2.24, 2.45) is 5.92 Å². The minimum absolute atomic E-state index is 0.0252. The minimum Gasteiger partial charge on any atom is -0.326 e. The molecule has 0 spiro atoms. The SMILES string of the molecule is Cc1cccc(NC(=O)[C@@H](C)N2CCC[C@H](C(=O)Nc3ccccc3)C2)c1. The maximum absolute atomic E-state index is 12.6. The van der Waals surface area contributed by atoms with Gasteiger partial charge < -0.3 is 10.6 Å². The van der Waals surface area contributed by atoms with E-state index < -0.39 is 0 Å². The number of rotatable bonds is 5. The van der Waals surface area contributed by atoms with Gasteiger partial charge in [-0.15, -0.1) is 0 Å². The van der Waals surface area contributed by atoms with E-state index in [-0.39, 0.29) is 23.8 Å². The number of carbonyl (C=O) groups excluding carboxylic acids is 2. The topological polar surface area (TPSA) is 61.4 Å². The number of benzene rings is 2. The Morgan fingerprint density at radius 2 is 1.78 bits per heavy atom. The third kappa shape index (κ3) is 5.17. The number of piperidine rings is 1. The second kappa shape index (κ2) is 8.82. The van der Waals surface area contributed by atoms with Crippen LogP contribution in [0.1, 0.15) is 25.3 Å². The number of para-hydroxylation sites is 1. The third-order valence-electron chi connectivity index (χ3n) is 5.08. The van der Waals surface area contributed by atoms with Gasteiger partial charge in [-0.2, -0.15) is 0 Å². The summed E-state index contributed by atoms with van der Waals surface area (Å²) in [6.07, 6.45) is 1.76. The molecule has 2 aromatic rings. The molecular weight excluding hydrogens is 338 g/mol. The molecule has 2 amide bonds. The lowest BCUT2D eigenvalue weighted by atomic mass is 9.95. The lowest BCUT2D eigenvalue weighted by Gasteiger charge is -2.35. The largest absolute Gasteiger partial charge is 0.326 e. The van der Waals surface area contributed by atoms with Crippen molar-refractivity contribution < 1.29 is 9.59 Å². The molecule has 0 unspecified atom stereocenters. The number of hydrogen-bond donors (Lipinski definition) is 2. The Morgan fingerprint density at radius 1 is 1.04 bits per heavy atom. The Balaban J connectivity index is 1.57. The van der Waals surface area contributed by atoms with Crippen molar-refractivity contribution in [3.05, 3.63) is 60.2 Å². The highest BCUT2D eigenvalue weighted by molar-refractivity contribution is 5.95. The summed E-state index contributed by atoms with van der Waals surface area (Å²) in [6, 6.07) is 17.0. The first-order valence-electron chi connectivity index (χ1n) is 9.50. The average molecular weight is 365 g/mol. The molecule has 27 heavy (non-hydrogen) atoms. The van der Waals surface area contributed by atoms with Gasteiger partial charge in [0, 0.05) is 17.9 Å². The van der Waals surface area contributed by atoms with Crippen molar-refractivity contribution in [3.8, 4) is 0 Å². The van der Waals surface area contributed by atoms with Crippen molar-refractivity contribution in [1.29, 1.82) is 0 Å². The highest BCUT2D eigenvalue weighted by Crippen LogP contribution is 2.21. The first-order valence-corrected chi connectivity index (χ1v) is 9.50. The molecule has 0 bridgehead atoms. The molecule has 142 valence electrons. The Hall–Kier alpha value is -2.66. The van der Waals surface area contributed by atoms with Gasteiger partial charge in [0.15, 0.2) is 0 Å². The number of aryl methyl sites for hydroxylation is 1. The standard InChI is InChI=1S/C22H27N3O2/c1-16-8-6-12-20(14-16)24-21(26)17(2)25-13-7-9-18(15-25)22(27)23-19-10-4-3-5-11-19/h3-6,8,10-12,14,17-18H,7,9,13,15H2,1-2H3,(H,23,27)(H,24,26)/t17-,18+/m1/s1. The average Bonchev–Trinajstić information content (AvgIpc) is 2.68. The number of nitrogens with one attached hydrogen (secondary N) is 2. The van der Waals surface area contributed by atoms with E-state index in [0.29, 0.717) is 6.54 Å². The summed E-state index contributed by atoms with van der Waals surface area (Å²) in [5.74, 6) is -0.116. The van der Waals surface area contributed by atoms with E-state index in [9.17, 15) is 9.59 Å². The van der Waals surface area contributed by atoms with Gasteiger partial charge >= 0.3 is 0 Å². The fourth-order valence-corrected chi connectivity index (χ4v) is 3.47. The number of amides is 2. The second-order valence-corrected chi connectivity index (χ2v) is 7.22. The Kier molecular flexibility index (Phi) is 6.24. The van der Waals surface area contributed by atoms with Gasteiger partial charge in [0.25, 0.3) is 0 Å². The van der Waals surface area contributed by atoms with Crippen LogP contribution in [0.4, 0.5) is 11.4 Å². The summed E-state index contributed by atoms with van der Waals surface area (Å²) < 4.78 is 0. The Morgan fingerprint density at radius 3 is 2.52 bits per heavy atom.